The van der Waals surface area contributed by atoms with E-state index in [1.54, 1.807) is 31.3 Å². The topological polar surface area (TPSA) is 87.5 Å². The zero-order valence-corrected chi connectivity index (χ0v) is 15.3. The minimum absolute atomic E-state index is 0. The Morgan fingerprint density at radius 3 is 2.71 bits per heavy atom. The minimum atomic E-state index is -0.230. The fourth-order valence-corrected chi connectivity index (χ4v) is 2.85. The van der Waals surface area contributed by atoms with Gasteiger partial charge in [-0.1, -0.05) is 13.0 Å². The number of amides is 2. The molecule has 2 unspecified atom stereocenters. The summed E-state index contributed by atoms with van der Waals surface area (Å²) in [5, 5.41) is 5.46. The van der Waals surface area contributed by atoms with E-state index in [2.05, 4.69) is 22.5 Å². The Kier molecular flexibility index (Phi) is 7.20. The van der Waals surface area contributed by atoms with Crippen molar-refractivity contribution in [1.82, 2.24) is 10.2 Å². The molecule has 6 nitrogen and oxygen atoms in total. The van der Waals surface area contributed by atoms with Crippen LogP contribution in [0.15, 0.2) is 24.3 Å². The van der Waals surface area contributed by atoms with Gasteiger partial charge in [-0.3, -0.25) is 14.5 Å². The Labute approximate surface area is 149 Å². The highest BCUT2D eigenvalue weighted by Crippen LogP contribution is 2.30. The molecule has 7 heteroatoms. The standard InChI is InChI=1S/C17H26N4O2.ClH/c1-12(21-8-7-17(2,10-18)11-21)15(22)20-14-6-4-5-13(9-14)16(23)19-3;/h4-6,9,12H,7-8,10-11,18H2,1-3H3,(H,19,23)(H,20,22);1H. The average Bonchev–Trinajstić information content (AvgIpc) is 2.96. The molecular formula is C17H27ClN4O2. The van der Waals surface area contributed by atoms with Crippen molar-refractivity contribution >= 4 is 29.9 Å². The number of carbonyl (C=O) groups excluding carboxylic acids is 2. The first-order valence-electron chi connectivity index (χ1n) is 7.96. The molecule has 24 heavy (non-hydrogen) atoms. The molecule has 1 aliphatic heterocycles. The molecule has 0 saturated carbocycles. The number of nitrogens with one attached hydrogen (secondary N) is 2. The number of carbonyl (C=O) groups is 2. The molecular weight excluding hydrogens is 328 g/mol. The number of hydrogen-bond donors (Lipinski definition) is 3. The SMILES string of the molecule is CNC(=O)c1cccc(NC(=O)C(C)N2CCC(C)(CN)C2)c1.Cl. The molecule has 1 aliphatic rings. The Balaban J connectivity index is 0.00000288. The average molecular weight is 355 g/mol. The summed E-state index contributed by atoms with van der Waals surface area (Å²) in [6.07, 6.45) is 1.01. The normalized spacial score (nSPS) is 21.7. The van der Waals surface area contributed by atoms with Crippen LogP contribution in [0.3, 0.4) is 0 Å². The van der Waals surface area contributed by atoms with Crippen LogP contribution < -0.4 is 16.4 Å². The van der Waals surface area contributed by atoms with E-state index in [-0.39, 0.29) is 35.7 Å². The monoisotopic (exact) mass is 354 g/mol. The molecule has 1 aromatic rings. The Hall–Kier alpha value is -1.63. The van der Waals surface area contributed by atoms with E-state index in [0.29, 0.717) is 17.8 Å². The van der Waals surface area contributed by atoms with Crippen molar-refractivity contribution in [2.45, 2.75) is 26.3 Å². The third-order valence-corrected chi connectivity index (χ3v) is 4.63. The van der Waals surface area contributed by atoms with E-state index >= 15 is 0 Å². The number of nitrogens with two attached hydrogens (primary N) is 1. The van der Waals surface area contributed by atoms with Crippen LogP contribution in [-0.2, 0) is 4.79 Å². The lowest BCUT2D eigenvalue weighted by molar-refractivity contribution is -0.120. The van der Waals surface area contributed by atoms with Crippen LogP contribution in [-0.4, -0.2) is 49.4 Å². The van der Waals surface area contributed by atoms with Crippen LogP contribution in [0.4, 0.5) is 5.69 Å². The van der Waals surface area contributed by atoms with Crippen LogP contribution in [0.25, 0.3) is 0 Å². The molecule has 4 N–H and O–H groups in total. The van der Waals surface area contributed by atoms with Crippen LogP contribution in [0, 0.1) is 5.41 Å². The van der Waals surface area contributed by atoms with E-state index in [1.165, 1.54) is 0 Å². The van der Waals surface area contributed by atoms with Gasteiger partial charge in [0.2, 0.25) is 5.91 Å². The lowest BCUT2D eigenvalue weighted by Gasteiger charge is -2.26. The van der Waals surface area contributed by atoms with Gasteiger partial charge in [-0.25, -0.2) is 0 Å². The summed E-state index contributed by atoms with van der Waals surface area (Å²) in [5.74, 6) is -0.243. The molecule has 0 bridgehead atoms. The molecule has 2 atom stereocenters. The van der Waals surface area contributed by atoms with Crippen LogP contribution in [0.5, 0.6) is 0 Å². The molecule has 2 rings (SSSR count). The molecule has 2 amide bonds. The van der Waals surface area contributed by atoms with Gasteiger partial charge in [-0.2, -0.15) is 0 Å². The van der Waals surface area contributed by atoms with E-state index in [0.717, 1.165) is 19.5 Å². The zero-order chi connectivity index (χ0) is 17.0. The van der Waals surface area contributed by atoms with Crippen molar-refractivity contribution in [2.24, 2.45) is 11.1 Å². The number of benzene rings is 1. The maximum Gasteiger partial charge on any atom is 0.251 e. The van der Waals surface area contributed by atoms with Crippen LogP contribution >= 0.6 is 12.4 Å². The fourth-order valence-electron chi connectivity index (χ4n) is 2.85. The summed E-state index contributed by atoms with van der Waals surface area (Å²) in [5.41, 5.74) is 7.07. The van der Waals surface area contributed by atoms with Gasteiger partial charge in [0.05, 0.1) is 6.04 Å². The molecule has 1 heterocycles. The first kappa shape index (κ1) is 20.4. The van der Waals surface area contributed by atoms with Gasteiger partial charge in [0, 0.05) is 24.8 Å². The van der Waals surface area contributed by atoms with Crippen LogP contribution in [0.1, 0.15) is 30.6 Å². The maximum atomic E-state index is 12.5. The molecule has 1 aromatic carbocycles. The number of nitrogens with zero attached hydrogens (tertiary/aromatic N) is 1. The van der Waals surface area contributed by atoms with E-state index < -0.39 is 0 Å². The summed E-state index contributed by atoms with van der Waals surface area (Å²) >= 11 is 0. The third-order valence-electron chi connectivity index (χ3n) is 4.63. The highest BCUT2D eigenvalue weighted by Gasteiger charge is 2.36. The van der Waals surface area contributed by atoms with Crippen molar-refractivity contribution in [1.29, 1.82) is 0 Å². The minimum Gasteiger partial charge on any atom is -0.355 e. The first-order chi connectivity index (χ1) is 10.9. The van der Waals surface area contributed by atoms with E-state index in [4.69, 9.17) is 5.73 Å². The highest BCUT2D eigenvalue weighted by atomic mass is 35.5. The second kappa shape index (κ2) is 8.46. The lowest BCUT2D eigenvalue weighted by Crippen LogP contribution is -2.42. The molecule has 134 valence electrons. The molecule has 0 aliphatic carbocycles. The van der Waals surface area contributed by atoms with Gasteiger partial charge in [0.1, 0.15) is 0 Å². The van der Waals surface area contributed by atoms with Gasteiger partial charge in [-0.05, 0) is 50.0 Å². The molecule has 1 saturated heterocycles. The third kappa shape index (κ3) is 4.69. The Bertz CT molecular complexity index is 596. The Morgan fingerprint density at radius 1 is 1.42 bits per heavy atom. The van der Waals surface area contributed by atoms with Crippen LogP contribution in [0.2, 0.25) is 0 Å². The summed E-state index contributed by atoms with van der Waals surface area (Å²) < 4.78 is 0. The zero-order valence-electron chi connectivity index (χ0n) is 14.5. The summed E-state index contributed by atoms with van der Waals surface area (Å²) in [4.78, 5) is 26.3. The lowest BCUT2D eigenvalue weighted by atomic mass is 9.90. The van der Waals surface area contributed by atoms with E-state index in [9.17, 15) is 9.59 Å². The van der Waals surface area contributed by atoms with Crippen molar-refractivity contribution < 1.29 is 9.59 Å². The quantitative estimate of drug-likeness (QED) is 0.747. The predicted octanol–water partition coefficient (Wildman–Crippen LogP) is 1.47. The van der Waals surface area contributed by atoms with Crippen molar-refractivity contribution in [3.05, 3.63) is 29.8 Å². The fraction of sp³-hybridized carbons (Fsp3) is 0.529. The molecule has 0 spiro atoms. The second-order valence-corrected chi connectivity index (χ2v) is 6.56. The number of likely N-dealkylation sites (tertiary alicyclic amines) is 1. The maximum absolute atomic E-state index is 12.5. The number of hydrogen-bond acceptors (Lipinski definition) is 4. The van der Waals surface area contributed by atoms with Crippen molar-refractivity contribution in [3.63, 3.8) is 0 Å². The van der Waals surface area contributed by atoms with E-state index in [1.807, 2.05) is 6.92 Å². The van der Waals surface area contributed by atoms with Gasteiger partial charge in [0.25, 0.3) is 5.91 Å². The number of rotatable bonds is 5. The Morgan fingerprint density at radius 2 is 2.12 bits per heavy atom. The summed E-state index contributed by atoms with van der Waals surface area (Å²) in [6.45, 7) is 6.40. The van der Waals surface area contributed by atoms with Gasteiger partial charge in [-0.15, -0.1) is 12.4 Å². The number of anilines is 1. The summed E-state index contributed by atoms with van der Waals surface area (Å²) in [7, 11) is 1.58. The van der Waals surface area contributed by atoms with Gasteiger partial charge in [0.15, 0.2) is 0 Å². The number of halogens is 1. The largest absolute Gasteiger partial charge is 0.355 e. The molecule has 0 aromatic heterocycles. The highest BCUT2D eigenvalue weighted by molar-refractivity contribution is 5.98. The second-order valence-electron chi connectivity index (χ2n) is 6.56. The van der Waals surface area contributed by atoms with Gasteiger partial charge >= 0.3 is 0 Å². The smallest absolute Gasteiger partial charge is 0.251 e. The van der Waals surface area contributed by atoms with Gasteiger partial charge < -0.3 is 16.4 Å². The molecule has 0 radical (unpaired) electrons. The summed E-state index contributed by atoms with van der Waals surface area (Å²) in [6, 6.07) is 6.70. The van der Waals surface area contributed by atoms with Crippen molar-refractivity contribution in [2.75, 3.05) is 32.0 Å². The molecule has 1 fully saturated rings. The predicted molar refractivity (Wildman–Crippen MR) is 98.5 cm³/mol. The van der Waals surface area contributed by atoms with Crippen molar-refractivity contribution in [3.8, 4) is 0 Å². The first-order valence-corrected chi connectivity index (χ1v) is 7.96.